The topological polar surface area (TPSA) is 49.3 Å². The molecule has 102 valence electrons. The van der Waals surface area contributed by atoms with Gasteiger partial charge in [-0.05, 0) is 30.5 Å². The molecule has 0 unspecified atom stereocenters. The Balaban J connectivity index is 2.78. The smallest absolute Gasteiger partial charge is 0.254 e. The summed E-state index contributed by atoms with van der Waals surface area (Å²) in [6, 6.07) is 4.07. The predicted octanol–water partition coefficient (Wildman–Crippen LogP) is 1.95. The van der Waals surface area contributed by atoms with Gasteiger partial charge >= 0.3 is 0 Å². The SMILES string of the molecule is CC(C)CCNC(=O)c1cc(C#CCO)ccc1F. The Morgan fingerprint density at radius 3 is 2.84 bits per heavy atom. The van der Waals surface area contributed by atoms with Crippen LogP contribution in [-0.4, -0.2) is 24.2 Å². The van der Waals surface area contributed by atoms with E-state index in [-0.39, 0.29) is 12.2 Å². The Morgan fingerprint density at radius 2 is 2.21 bits per heavy atom. The molecule has 0 aliphatic heterocycles. The number of carbonyl (C=O) groups excluding carboxylic acids is 1. The quantitative estimate of drug-likeness (QED) is 0.816. The van der Waals surface area contributed by atoms with Crippen LogP contribution in [0.3, 0.4) is 0 Å². The molecular weight excluding hydrogens is 245 g/mol. The van der Waals surface area contributed by atoms with Gasteiger partial charge in [0.15, 0.2) is 0 Å². The molecule has 0 atom stereocenters. The monoisotopic (exact) mass is 263 g/mol. The first-order valence-electron chi connectivity index (χ1n) is 6.22. The van der Waals surface area contributed by atoms with E-state index in [1.807, 2.05) is 0 Å². The molecule has 0 heterocycles. The van der Waals surface area contributed by atoms with E-state index in [2.05, 4.69) is 31.0 Å². The van der Waals surface area contributed by atoms with Crippen LogP contribution in [0, 0.1) is 23.6 Å². The van der Waals surface area contributed by atoms with E-state index >= 15 is 0 Å². The van der Waals surface area contributed by atoms with Crippen LogP contribution in [0.1, 0.15) is 36.2 Å². The molecule has 0 saturated heterocycles. The van der Waals surface area contributed by atoms with Gasteiger partial charge in [-0.2, -0.15) is 0 Å². The fraction of sp³-hybridized carbons (Fsp3) is 0.400. The standard InChI is InChI=1S/C15H18FNO2/c1-11(2)7-8-17-15(19)13-10-12(4-3-9-18)5-6-14(13)16/h5-6,10-11,18H,7-9H2,1-2H3,(H,17,19). The van der Waals surface area contributed by atoms with Crippen molar-refractivity contribution in [1.82, 2.24) is 5.32 Å². The summed E-state index contributed by atoms with van der Waals surface area (Å²) >= 11 is 0. The molecule has 3 nitrogen and oxygen atoms in total. The first kappa shape index (κ1) is 15.2. The van der Waals surface area contributed by atoms with Crippen LogP contribution in [0.25, 0.3) is 0 Å². The third-order valence-corrected chi connectivity index (χ3v) is 2.53. The minimum Gasteiger partial charge on any atom is -0.384 e. The summed E-state index contributed by atoms with van der Waals surface area (Å²) in [5.41, 5.74) is 0.484. The minimum atomic E-state index is -0.573. The van der Waals surface area contributed by atoms with E-state index in [1.54, 1.807) is 0 Å². The summed E-state index contributed by atoms with van der Waals surface area (Å²) < 4.78 is 13.6. The largest absolute Gasteiger partial charge is 0.384 e. The number of aliphatic hydroxyl groups excluding tert-OH is 1. The van der Waals surface area contributed by atoms with Crippen molar-refractivity contribution in [1.29, 1.82) is 0 Å². The highest BCUT2D eigenvalue weighted by Gasteiger charge is 2.11. The third kappa shape index (κ3) is 5.11. The lowest BCUT2D eigenvalue weighted by Gasteiger charge is -2.08. The van der Waals surface area contributed by atoms with Crippen LogP contribution in [-0.2, 0) is 0 Å². The number of nitrogens with one attached hydrogen (secondary N) is 1. The zero-order chi connectivity index (χ0) is 14.3. The molecule has 0 spiro atoms. The Labute approximate surface area is 112 Å². The highest BCUT2D eigenvalue weighted by Crippen LogP contribution is 2.10. The molecule has 0 radical (unpaired) electrons. The summed E-state index contributed by atoms with van der Waals surface area (Å²) in [6.07, 6.45) is 0.845. The number of rotatable bonds is 4. The van der Waals surface area contributed by atoms with Gasteiger partial charge < -0.3 is 10.4 Å². The second kappa shape index (κ2) is 7.55. The van der Waals surface area contributed by atoms with Gasteiger partial charge in [0.05, 0.1) is 5.56 Å². The predicted molar refractivity (Wildman–Crippen MR) is 72.2 cm³/mol. The molecule has 0 aliphatic rings. The Bertz CT molecular complexity index is 501. The van der Waals surface area contributed by atoms with E-state index < -0.39 is 11.7 Å². The molecule has 1 aromatic rings. The number of amides is 1. The van der Waals surface area contributed by atoms with E-state index in [4.69, 9.17) is 5.11 Å². The minimum absolute atomic E-state index is 0.0199. The summed E-state index contributed by atoms with van der Waals surface area (Å²) in [5, 5.41) is 11.3. The van der Waals surface area contributed by atoms with E-state index in [0.717, 1.165) is 6.42 Å². The van der Waals surface area contributed by atoms with Gasteiger partial charge in [-0.15, -0.1) is 0 Å². The second-order valence-electron chi connectivity index (χ2n) is 4.59. The fourth-order valence-electron chi connectivity index (χ4n) is 1.49. The number of benzene rings is 1. The molecule has 1 aromatic carbocycles. The Hall–Kier alpha value is -1.86. The van der Waals surface area contributed by atoms with Gasteiger partial charge in [0.25, 0.3) is 5.91 Å². The normalized spacial score (nSPS) is 9.95. The van der Waals surface area contributed by atoms with Gasteiger partial charge in [-0.1, -0.05) is 25.7 Å². The van der Waals surface area contributed by atoms with Crippen LogP contribution < -0.4 is 5.32 Å². The fourth-order valence-corrected chi connectivity index (χ4v) is 1.49. The first-order chi connectivity index (χ1) is 9.04. The van der Waals surface area contributed by atoms with Crippen LogP contribution >= 0.6 is 0 Å². The summed E-state index contributed by atoms with van der Waals surface area (Å²) in [7, 11) is 0. The lowest BCUT2D eigenvalue weighted by molar-refractivity contribution is 0.0948. The van der Waals surface area contributed by atoms with E-state index in [1.165, 1.54) is 18.2 Å². The molecule has 0 aliphatic carbocycles. The zero-order valence-corrected chi connectivity index (χ0v) is 11.2. The highest BCUT2D eigenvalue weighted by atomic mass is 19.1. The third-order valence-electron chi connectivity index (χ3n) is 2.53. The first-order valence-corrected chi connectivity index (χ1v) is 6.22. The van der Waals surface area contributed by atoms with Crippen molar-refractivity contribution in [2.75, 3.05) is 13.2 Å². The number of carbonyl (C=O) groups is 1. The van der Waals surface area contributed by atoms with Crippen molar-refractivity contribution in [2.24, 2.45) is 5.92 Å². The molecule has 0 saturated carbocycles. The number of halogens is 1. The number of aliphatic hydroxyl groups is 1. The summed E-state index contributed by atoms with van der Waals surface area (Å²) in [5.74, 6) is 4.57. The van der Waals surface area contributed by atoms with Crippen LogP contribution in [0.5, 0.6) is 0 Å². The molecule has 1 amide bonds. The second-order valence-corrected chi connectivity index (χ2v) is 4.59. The van der Waals surface area contributed by atoms with Crippen molar-refractivity contribution in [3.63, 3.8) is 0 Å². The summed E-state index contributed by atoms with van der Waals surface area (Å²) in [4.78, 5) is 11.8. The Morgan fingerprint density at radius 1 is 1.47 bits per heavy atom. The molecule has 1 rings (SSSR count). The van der Waals surface area contributed by atoms with Gasteiger partial charge in [0.2, 0.25) is 0 Å². The molecule has 0 aromatic heterocycles. The highest BCUT2D eigenvalue weighted by molar-refractivity contribution is 5.94. The lowest BCUT2D eigenvalue weighted by atomic mass is 10.1. The van der Waals surface area contributed by atoms with Crippen molar-refractivity contribution in [3.8, 4) is 11.8 Å². The molecular formula is C15H18FNO2. The van der Waals surface area contributed by atoms with Crippen molar-refractivity contribution in [3.05, 3.63) is 35.1 Å². The Kier molecular flexibility index (Phi) is 6.04. The zero-order valence-electron chi connectivity index (χ0n) is 11.2. The maximum Gasteiger partial charge on any atom is 0.254 e. The average molecular weight is 263 g/mol. The van der Waals surface area contributed by atoms with Crippen molar-refractivity contribution >= 4 is 5.91 Å². The number of hydrogen-bond donors (Lipinski definition) is 2. The summed E-state index contributed by atoms with van der Waals surface area (Å²) in [6.45, 7) is 4.35. The van der Waals surface area contributed by atoms with Gasteiger partial charge in [0, 0.05) is 12.1 Å². The van der Waals surface area contributed by atoms with Crippen molar-refractivity contribution in [2.45, 2.75) is 20.3 Å². The molecule has 0 fully saturated rings. The maximum atomic E-state index is 13.6. The molecule has 2 N–H and O–H groups in total. The van der Waals surface area contributed by atoms with E-state index in [9.17, 15) is 9.18 Å². The van der Waals surface area contributed by atoms with Crippen LogP contribution in [0.4, 0.5) is 4.39 Å². The van der Waals surface area contributed by atoms with Gasteiger partial charge in [0.1, 0.15) is 12.4 Å². The van der Waals surface area contributed by atoms with Crippen molar-refractivity contribution < 1.29 is 14.3 Å². The van der Waals surface area contributed by atoms with Gasteiger partial charge in [-0.25, -0.2) is 4.39 Å². The van der Waals surface area contributed by atoms with E-state index in [0.29, 0.717) is 18.0 Å². The molecule has 4 heteroatoms. The molecule has 0 bridgehead atoms. The van der Waals surface area contributed by atoms with Crippen LogP contribution in [0.2, 0.25) is 0 Å². The lowest BCUT2D eigenvalue weighted by Crippen LogP contribution is -2.26. The number of hydrogen-bond acceptors (Lipinski definition) is 2. The molecule has 19 heavy (non-hydrogen) atoms. The van der Waals surface area contributed by atoms with Crippen LogP contribution in [0.15, 0.2) is 18.2 Å². The maximum absolute atomic E-state index is 13.6. The van der Waals surface area contributed by atoms with Gasteiger partial charge in [-0.3, -0.25) is 4.79 Å². The average Bonchev–Trinajstić information content (AvgIpc) is 2.37.